The fraction of sp³-hybridized carbons (Fsp3) is 0.375. The van der Waals surface area contributed by atoms with Gasteiger partial charge in [0.2, 0.25) is 11.9 Å². The van der Waals surface area contributed by atoms with Crippen molar-refractivity contribution in [1.29, 1.82) is 0 Å². The lowest BCUT2D eigenvalue weighted by Gasteiger charge is -2.16. The first-order chi connectivity index (χ1) is 16.2. The molecular weight excluding hydrogens is 430 g/mol. The van der Waals surface area contributed by atoms with Crippen LogP contribution < -0.4 is 38.5 Å². The van der Waals surface area contributed by atoms with Crippen LogP contribution in [0.1, 0.15) is 56.5 Å². The number of hydrogen-bond acceptors (Lipinski definition) is 5. The van der Waals surface area contributed by atoms with Gasteiger partial charge in [0.25, 0.3) is 5.91 Å². The van der Waals surface area contributed by atoms with Gasteiger partial charge in [-0.05, 0) is 57.9 Å². The number of carbonyl (C=O) groups excluding carboxylic acids is 1. The van der Waals surface area contributed by atoms with Gasteiger partial charge in [0, 0.05) is 17.6 Å². The standard InChI is InChI=1S/C24H37N9O/c1-6-16(4)30-32-23(25)27-19-9-8-10-20(28-24(26)33-31-17(5)7-2)21(19)29-22(34)18-13-11-15(3)12-14-18/h8-14,16-17,30-31H,6-7H2,1-5H3,(H,29,34)(H3,25,27,32)(H3,26,28,33). The van der Waals surface area contributed by atoms with E-state index in [-0.39, 0.29) is 29.9 Å². The lowest BCUT2D eigenvalue weighted by Crippen LogP contribution is -2.46. The lowest BCUT2D eigenvalue weighted by molar-refractivity contribution is 0.102. The minimum Gasteiger partial charge on any atom is -0.369 e. The van der Waals surface area contributed by atoms with Crippen LogP contribution in [-0.2, 0) is 0 Å². The number of nitrogens with two attached hydrogens (primary N) is 2. The summed E-state index contributed by atoms with van der Waals surface area (Å²) in [6.45, 7) is 10.1. The fourth-order valence-corrected chi connectivity index (χ4v) is 2.65. The second kappa shape index (κ2) is 13.2. The largest absolute Gasteiger partial charge is 0.369 e. The second-order valence-corrected chi connectivity index (χ2v) is 8.14. The molecule has 2 atom stereocenters. The Kier molecular flexibility index (Phi) is 10.3. The molecule has 10 nitrogen and oxygen atoms in total. The van der Waals surface area contributed by atoms with E-state index in [1.807, 2.05) is 32.9 Å². The third-order valence-corrected chi connectivity index (χ3v) is 5.17. The molecule has 0 radical (unpaired) electrons. The highest BCUT2D eigenvalue weighted by atomic mass is 16.1. The average Bonchev–Trinajstić information content (AvgIpc) is 2.83. The summed E-state index contributed by atoms with van der Waals surface area (Å²) in [5, 5.41) is 2.92. The Morgan fingerprint density at radius 1 is 0.853 bits per heavy atom. The van der Waals surface area contributed by atoms with Gasteiger partial charge in [-0.2, -0.15) is 0 Å². The van der Waals surface area contributed by atoms with Crippen LogP contribution in [0.5, 0.6) is 0 Å². The Bertz CT molecular complexity index is 954. The SMILES string of the molecule is CCC(C)NNC(N)=Nc1cccc(N=C(N)NNC(C)CC)c1NC(=O)c1ccc(C)cc1. The third-order valence-electron chi connectivity index (χ3n) is 5.17. The number of hydrazine groups is 2. The molecule has 10 heteroatoms. The Balaban J connectivity index is 2.39. The fourth-order valence-electron chi connectivity index (χ4n) is 2.65. The summed E-state index contributed by atoms with van der Waals surface area (Å²) in [6.07, 6.45) is 1.83. The van der Waals surface area contributed by atoms with Crippen LogP contribution in [0.2, 0.25) is 0 Å². The summed E-state index contributed by atoms with van der Waals surface area (Å²) in [4.78, 5) is 21.9. The van der Waals surface area contributed by atoms with Crippen molar-refractivity contribution in [2.75, 3.05) is 5.32 Å². The maximum absolute atomic E-state index is 13.0. The van der Waals surface area contributed by atoms with Gasteiger partial charge in [0.05, 0.1) is 17.1 Å². The van der Waals surface area contributed by atoms with Crippen LogP contribution in [0.25, 0.3) is 0 Å². The molecule has 0 aliphatic rings. The van der Waals surface area contributed by atoms with Crippen molar-refractivity contribution in [3.63, 3.8) is 0 Å². The van der Waals surface area contributed by atoms with E-state index < -0.39 is 0 Å². The van der Waals surface area contributed by atoms with Crippen LogP contribution >= 0.6 is 0 Å². The number of nitrogens with one attached hydrogen (secondary N) is 5. The first kappa shape index (κ1) is 26.6. The molecule has 0 aliphatic heterocycles. The number of rotatable bonds is 10. The zero-order chi connectivity index (χ0) is 25.1. The van der Waals surface area contributed by atoms with Crippen molar-refractivity contribution in [2.24, 2.45) is 21.5 Å². The Morgan fingerprint density at radius 2 is 1.32 bits per heavy atom. The molecule has 9 N–H and O–H groups in total. The Morgan fingerprint density at radius 3 is 1.76 bits per heavy atom. The summed E-state index contributed by atoms with van der Waals surface area (Å²) in [5.74, 6) is 0.00113. The van der Waals surface area contributed by atoms with Crippen LogP contribution in [0.4, 0.5) is 17.1 Å². The Hall–Kier alpha value is -3.63. The molecule has 0 spiro atoms. The minimum atomic E-state index is -0.298. The van der Waals surface area contributed by atoms with E-state index >= 15 is 0 Å². The smallest absolute Gasteiger partial charge is 0.255 e. The van der Waals surface area contributed by atoms with E-state index in [2.05, 4.69) is 50.9 Å². The lowest BCUT2D eigenvalue weighted by atomic mass is 10.1. The van der Waals surface area contributed by atoms with Gasteiger partial charge in [-0.25, -0.2) is 20.8 Å². The molecule has 34 heavy (non-hydrogen) atoms. The zero-order valence-corrected chi connectivity index (χ0v) is 20.6. The van der Waals surface area contributed by atoms with E-state index in [0.717, 1.165) is 18.4 Å². The number of carbonyl (C=O) groups is 1. The van der Waals surface area contributed by atoms with Crippen LogP contribution in [0.15, 0.2) is 52.4 Å². The molecule has 0 saturated carbocycles. The number of aryl methyl sites for hydroxylation is 1. The third kappa shape index (κ3) is 8.38. The number of para-hydroxylation sites is 1. The van der Waals surface area contributed by atoms with Gasteiger partial charge in [-0.3, -0.25) is 15.6 Å². The van der Waals surface area contributed by atoms with Crippen LogP contribution in [0.3, 0.4) is 0 Å². The summed E-state index contributed by atoms with van der Waals surface area (Å²) in [5.41, 5.74) is 26.8. The predicted molar refractivity (Wildman–Crippen MR) is 140 cm³/mol. The number of benzene rings is 2. The van der Waals surface area contributed by atoms with Crippen molar-refractivity contribution in [2.45, 2.75) is 59.5 Å². The number of aliphatic imine (C=N–C) groups is 2. The van der Waals surface area contributed by atoms with E-state index in [4.69, 9.17) is 11.5 Å². The highest BCUT2D eigenvalue weighted by Gasteiger charge is 2.14. The highest BCUT2D eigenvalue weighted by Crippen LogP contribution is 2.35. The summed E-state index contributed by atoms with van der Waals surface area (Å²) >= 11 is 0. The van der Waals surface area contributed by atoms with E-state index in [1.165, 1.54) is 0 Å². The maximum atomic E-state index is 13.0. The molecule has 2 aromatic rings. The van der Waals surface area contributed by atoms with Gasteiger partial charge in [0.15, 0.2) is 0 Å². The monoisotopic (exact) mass is 467 g/mol. The molecule has 184 valence electrons. The van der Waals surface area contributed by atoms with Crippen molar-refractivity contribution in [1.82, 2.24) is 21.7 Å². The molecule has 2 unspecified atom stereocenters. The maximum Gasteiger partial charge on any atom is 0.255 e. The van der Waals surface area contributed by atoms with Crippen molar-refractivity contribution in [3.05, 3.63) is 53.6 Å². The number of guanidine groups is 2. The first-order valence-corrected chi connectivity index (χ1v) is 11.5. The minimum absolute atomic E-state index is 0.150. The molecule has 0 aromatic heterocycles. The number of anilines is 1. The molecule has 2 aromatic carbocycles. The summed E-state index contributed by atoms with van der Waals surface area (Å²) in [6, 6.07) is 12.9. The molecule has 0 fully saturated rings. The van der Waals surface area contributed by atoms with Gasteiger partial charge >= 0.3 is 0 Å². The first-order valence-electron chi connectivity index (χ1n) is 11.5. The van der Waals surface area contributed by atoms with E-state index in [0.29, 0.717) is 22.6 Å². The van der Waals surface area contributed by atoms with Crippen molar-refractivity contribution >= 4 is 34.9 Å². The highest BCUT2D eigenvalue weighted by molar-refractivity contribution is 6.08. The molecule has 1 amide bonds. The molecule has 0 heterocycles. The molecule has 0 aliphatic carbocycles. The van der Waals surface area contributed by atoms with E-state index in [1.54, 1.807) is 30.3 Å². The molecule has 2 rings (SSSR count). The van der Waals surface area contributed by atoms with Gasteiger partial charge in [-0.1, -0.05) is 37.6 Å². The topological polar surface area (TPSA) is 154 Å². The molecule has 0 bridgehead atoms. The molecule has 0 saturated heterocycles. The Labute approximate surface area is 201 Å². The van der Waals surface area contributed by atoms with Crippen LogP contribution in [0, 0.1) is 6.92 Å². The quantitative estimate of drug-likeness (QED) is 0.161. The van der Waals surface area contributed by atoms with Gasteiger partial charge in [0.1, 0.15) is 0 Å². The van der Waals surface area contributed by atoms with Gasteiger partial charge in [-0.15, -0.1) is 0 Å². The van der Waals surface area contributed by atoms with Crippen molar-refractivity contribution < 1.29 is 4.79 Å². The average molecular weight is 468 g/mol. The normalized spacial score (nSPS) is 13.8. The zero-order valence-electron chi connectivity index (χ0n) is 20.6. The van der Waals surface area contributed by atoms with Crippen molar-refractivity contribution in [3.8, 4) is 0 Å². The number of nitrogens with zero attached hydrogens (tertiary/aromatic N) is 2. The summed E-state index contributed by atoms with van der Waals surface area (Å²) < 4.78 is 0. The second-order valence-electron chi connectivity index (χ2n) is 8.14. The summed E-state index contributed by atoms with van der Waals surface area (Å²) in [7, 11) is 0. The van der Waals surface area contributed by atoms with E-state index in [9.17, 15) is 4.79 Å². The number of hydrogen-bond donors (Lipinski definition) is 7. The van der Waals surface area contributed by atoms with Crippen LogP contribution in [-0.4, -0.2) is 29.9 Å². The predicted octanol–water partition coefficient (Wildman–Crippen LogP) is 2.93. The number of amides is 1. The molecular formula is C24H37N9O. The van der Waals surface area contributed by atoms with Gasteiger partial charge < -0.3 is 16.8 Å².